The molecule has 1 aromatic heterocycles. The lowest BCUT2D eigenvalue weighted by atomic mass is 9.88. The molecule has 0 atom stereocenters. The zero-order chi connectivity index (χ0) is 11.1. The van der Waals surface area contributed by atoms with E-state index in [1.165, 1.54) is 5.56 Å². The molecule has 1 aromatic carbocycles. The van der Waals surface area contributed by atoms with Gasteiger partial charge in [0, 0.05) is 6.92 Å². The van der Waals surface area contributed by atoms with Crippen LogP contribution in [0.15, 0.2) is 22.6 Å². The van der Waals surface area contributed by atoms with Crippen LogP contribution in [0.2, 0.25) is 0 Å². The van der Waals surface area contributed by atoms with E-state index >= 15 is 0 Å². The fourth-order valence-electron chi connectivity index (χ4n) is 1.81. The number of nitrogens with zero attached hydrogens (tertiary/aromatic N) is 1. The minimum Gasteiger partial charge on any atom is -0.441 e. The van der Waals surface area contributed by atoms with E-state index in [1.54, 1.807) is 0 Å². The zero-order valence-electron chi connectivity index (χ0n) is 9.79. The Morgan fingerprint density at radius 2 is 2.00 bits per heavy atom. The highest BCUT2D eigenvalue weighted by molar-refractivity contribution is 5.73. The molecule has 2 rings (SSSR count). The van der Waals surface area contributed by atoms with Gasteiger partial charge in [-0.25, -0.2) is 4.98 Å². The van der Waals surface area contributed by atoms with Gasteiger partial charge in [0.1, 0.15) is 5.52 Å². The Labute approximate surface area is 90.3 Å². The van der Waals surface area contributed by atoms with Crippen LogP contribution in [0.5, 0.6) is 0 Å². The minimum absolute atomic E-state index is 0.312. The van der Waals surface area contributed by atoms with Crippen LogP contribution in [0.25, 0.3) is 11.1 Å². The lowest BCUT2D eigenvalue weighted by molar-refractivity contribution is 0.411. The van der Waals surface area contributed by atoms with Crippen molar-refractivity contribution in [3.05, 3.63) is 29.7 Å². The summed E-state index contributed by atoms with van der Waals surface area (Å²) in [5, 5.41) is 0. The van der Waals surface area contributed by atoms with Crippen LogP contribution < -0.4 is 0 Å². The normalized spacial score (nSPS) is 12.3. The maximum Gasteiger partial charge on any atom is 0.192 e. The second-order valence-corrected chi connectivity index (χ2v) is 5.27. The van der Waals surface area contributed by atoms with Gasteiger partial charge in [0.15, 0.2) is 11.5 Å². The highest BCUT2D eigenvalue weighted by Gasteiger charge is 2.12. The van der Waals surface area contributed by atoms with Gasteiger partial charge >= 0.3 is 0 Å². The highest BCUT2D eigenvalue weighted by Crippen LogP contribution is 2.23. The van der Waals surface area contributed by atoms with Crippen LogP contribution in [-0.2, 0) is 6.42 Å². The number of hydrogen-bond acceptors (Lipinski definition) is 2. The van der Waals surface area contributed by atoms with Gasteiger partial charge in [-0.15, -0.1) is 0 Å². The summed E-state index contributed by atoms with van der Waals surface area (Å²) < 4.78 is 5.44. The monoisotopic (exact) mass is 203 g/mol. The van der Waals surface area contributed by atoms with Crippen molar-refractivity contribution >= 4 is 11.1 Å². The van der Waals surface area contributed by atoms with Crippen molar-refractivity contribution in [3.63, 3.8) is 0 Å². The van der Waals surface area contributed by atoms with Crippen molar-refractivity contribution in [2.24, 2.45) is 5.41 Å². The standard InChI is InChI=1S/C13H17NO/c1-9-14-11-7-10(8-13(2,3)4)5-6-12(11)15-9/h5-7H,8H2,1-4H3. The van der Waals surface area contributed by atoms with E-state index in [1.807, 2.05) is 13.0 Å². The molecule has 0 bridgehead atoms. The van der Waals surface area contributed by atoms with E-state index in [9.17, 15) is 0 Å². The summed E-state index contributed by atoms with van der Waals surface area (Å²) in [6, 6.07) is 6.26. The maximum absolute atomic E-state index is 5.44. The molecule has 1 heterocycles. The van der Waals surface area contributed by atoms with Gasteiger partial charge in [-0.05, 0) is 29.5 Å². The van der Waals surface area contributed by atoms with E-state index in [-0.39, 0.29) is 0 Å². The SMILES string of the molecule is Cc1nc2cc(CC(C)(C)C)ccc2o1. The summed E-state index contributed by atoms with van der Waals surface area (Å²) in [6.45, 7) is 8.60. The number of fused-ring (bicyclic) bond motifs is 1. The third-order valence-electron chi connectivity index (χ3n) is 2.29. The average molecular weight is 203 g/mol. The fraction of sp³-hybridized carbons (Fsp3) is 0.462. The number of oxazole rings is 1. The second kappa shape index (κ2) is 3.37. The number of aromatic nitrogens is 1. The molecule has 0 fully saturated rings. The molecule has 0 aliphatic rings. The first-order valence-electron chi connectivity index (χ1n) is 5.30. The molecule has 0 radical (unpaired) electrons. The number of rotatable bonds is 1. The number of benzene rings is 1. The van der Waals surface area contributed by atoms with Gasteiger partial charge in [0.05, 0.1) is 0 Å². The van der Waals surface area contributed by atoms with Crippen molar-refractivity contribution in [1.29, 1.82) is 0 Å². The quantitative estimate of drug-likeness (QED) is 0.706. The Bertz CT molecular complexity index is 477. The molecule has 0 amide bonds. The molecule has 2 heteroatoms. The van der Waals surface area contributed by atoms with Crippen LogP contribution in [0, 0.1) is 12.3 Å². The Kier molecular flexibility index (Phi) is 2.29. The van der Waals surface area contributed by atoms with Crippen molar-refractivity contribution in [1.82, 2.24) is 4.98 Å². The van der Waals surface area contributed by atoms with Gasteiger partial charge in [-0.3, -0.25) is 0 Å². The van der Waals surface area contributed by atoms with E-state index in [4.69, 9.17) is 4.42 Å². The third kappa shape index (κ3) is 2.38. The Hall–Kier alpha value is -1.31. The van der Waals surface area contributed by atoms with Gasteiger partial charge < -0.3 is 4.42 Å². The van der Waals surface area contributed by atoms with E-state index in [0.717, 1.165) is 23.4 Å². The first-order valence-corrected chi connectivity index (χ1v) is 5.30. The van der Waals surface area contributed by atoms with Crippen LogP contribution in [0.3, 0.4) is 0 Å². The van der Waals surface area contributed by atoms with Gasteiger partial charge in [0.2, 0.25) is 0 Å². The van der Waals surface area contributed by atoms with Gasteiger partial charge in [0.25, 0.3) is 0 Å². The van der Waals surface area contributed by atoms with Crippen LogP contribution >= 0.6 is 0 Å². The topological polar surface area (TPSA) is 26.0 Å². The second-order valence-electron chi connectivity index (χ2n) is 5.27. The number of aryl methyl sites for hydroxylation is 1. The summed E-state index contributed by atoms with van der Waals surface area (Å²) in [5.74, 6) is 0.734. The first kappa shape index (κ1) is 10.2. The van der Waals surface area contributed by atoms with Crippen LogP contribution in [0.4, 0.5) is 0 Å². The lowest BCUT2D eigenvalue weighted by Crippen LogP contribution is -2.08. The first-order chi connectivity index (χ1) is 6.94. The molecule has 0 N–H and O–H groups in total. The molecule has 80 valence electrons. The summed E-state index contributed by atoms with van der Waals surface area (Å²) in [6.07, 6.45) is 1.06. The maximum atomic E-state index is 5.44. The smallest absolute Gasteiger partial charge is 0.192 e. The third-order valence-corrected chi connectivity index (χ3v) is 2.29. The molecule has 2 nitrogen and oxygen atoms in total. The Balaban J connectivity index is 2.38. The Morgan fingerprint density at radius 3 is 2.67 bits per heavy atom. The highest BCUT2D eigenvalue weighted by atomic mass is 16.3. The van der Waals surface area contributed by atoms with E-state index in [0.29, 0.717) is 5.41 Å². The zero-order valence-corrected chi connectivity index (χ0v) is 9.79. The van der Waals surface area contributed by atoms with Gasteiger partial charge in [-0.2, -0.15) is 0 Å². The molecule has 15 heavy (non-hydrogen) atoms. The summed E-state index contributed by atoms with van der Waals surface area (Å²) >= 11 is 0. The van der Waals surface area contributed by atoms with Crippen LogP contribution in [0.1, 0.15) is 32.2 Å². The predicted octanol–water partition coefficient (Wildman–Crippen LogP) is 3.72. The lowest BCUT2D eigenvalue weighted by Gasteiger charge is -2.17. The molecular formula is C13H17NO. The predicted molar refractivity (Wildman–Crippen MR) is 61.9 cm³/mol. The summed E-state index contributed by atoms with van der Waals surface area (Å²) in [4.78, 5) is 4.34. The molecule has 0 saturated carbocycles. The molecular weight excluding hydrogens is 186 g/mol. The van der Waals surface area contributed by atoms with E-state index in [2.05, 4.69) is 37.9 Å². The molecule has 0 unspecified atom stereocenters. The van der Waals surface area contributed by atoms with Crippen molar-refractivity contribution in [2.75, 3.05) is 0 Å². The van der Waals surface area contributed by atoms with Crippen LogP contribution in [-0.4, -0.2) is 4.98 Å². The molecule has 0 saturated heterocycles. The molecule has 0 spiro atoms. The summed E-state index contributed by atoms with van der Waals surface area (Å²) in [5.41, 5.74) is 3.48. The molecule has 0 aliphatic carbocycles. The average Bonchev–Trinajstić information content (AvgIpc) is 2.40. The van der Waals surface area contributed by atoms with Crippen molar-refractivity contribution < 1.29 is 4.42 Å². The molecule has 2 aromatic rings. The minimum atomic E-state index is 0.312. The van der Waals surface area contributed by atoms with Crippen molar-refractivity contribution in [3.8, 4) is 0 Å². The van der Waals surface area contributed by atoms with Gasteiger partial charge in [-0.1, -0.05) is 26.8 Å². The number of hydrogen-bond donors (Lipinski definition) is 0. The van der Waals surface area contributed by atoms with Crippen molar-refractivity contribution in [2.45, 2.75) is 34.1 Å². The summed E-state index contributed by atoms with van der Waals surface area (Å²) in [7, 11) is 0. The largest absolute Gasteiger partial charge is 0.441 e. The molecule has 0 aliphatic heterocycles. The van der Waals surface area contributed by atoms with E-state index < -0.39 is 0 Å². The fourth-order valence-corrected chi connectivity index (χ4v) is 1.81. The Morgan fingerprint density at radius 1 is 1.27 bits per heavy atom.